The van der Waals surface area contributed by atoms with E-state index in [0.717, 1.165) is 22.4 Å². The van der Waals surface area contributed by atoms with E-state index >= 15 is 0 Å². The molecule has 2 aromatic rings. The van der Waals surface area contributed by atoms with Crippen molar-refractivity contribution in [1.29, 1.82) is 0 Å². The molecule has 3 rings (SSSR count). The summed E-state index contributed by atoms with van der Waals surface area (Å²) in [7, 11) is 0. The summed E-state index contributed by atoms with van der Waals surface area (Å²) in [6.07, 6.45) is 0.340. The predicted octanol–water partition coefficient (Wildman–Crippen LogP) is 3.23. The summed E-state index contributed by atoms with van der Waals surface area (Å²) in [5.41, 5.74) is 3.99. The van der Waals surface area contributed by atoms with Gasteiger partial charge in [-0.25, -0.2) is 4.79 Å². The van der Waals surface area contributed by atoms with E-state index in [1.807, 2.05) is 62.4 Å². The van der Waals surface area contributed by atoms with Crippen molar-refractivity contribution in [2.24, 2.45) is 0 Å². The molecule has 0 bridgehead atoms. The fourth-order valence-electron chi connectivity index (χ4n) is 3.04. The van der Waals surface area contributed by atoms with E-state index in [2.05, 4.69) is 10.6 Å². The molecule has 0 aromatic heterocycles. The Balaban J connectivity index is 1.56. The third-order valence-electron chi connectivity index (χ3n) is 4.41. The van der Waals surface area contributed by atoms with Crippen LogP contribution in [0.2, 0.25) is 0 Å². The number of urea groups is 1. The number of carbonyl (C=O) groups is 2. The third kappa shape index (κ3) is 4.38. The molecule has 1 fully saturated rings. The Kier molecular flexibility index (Phi) is 5.03. The van der Waals surface area contributed by atoms with Gasteiger partial charge in [0, 0.05) is 25.2 Å². The fraction of sp³-hybridized carbons (Fsp3) is 0.300. The molecule has 0 radical (unpaired) electrons. The van der Waals surface area contributed by atoms with Gasteiger partial charge in [-0.05, 0) is 36.6 Å². The summed E-state index contributed by atoms with van der Waals surface area (Å²) in [5.74, 6) is 0.0703. The van der Waals surface area contributed by atoms with Crippen molar-refractivity contribution < 1.29 is 9.59 Å². The van der Waals surface area contributed by atoms with E-state index in [9.17, 15) is 9.59 Å². The number of likely N-dealkylation sites (tertiary alicyclic amines) is 1. The van der Waals surface area contributed by atoms with Crippen LogP contribution in [0.4, 0.5) is 10.5 Å². The highest BCUT2D eigenvalue weighted by molar-refractivity contribution is 5.91. The molecular formula is C20H23N3O2. The topological polar surface area (TPSA) is 61.4 Å². The number of rotatable bonds is 4. The molecule has 1 saturated heterocycles. The van der Waals surface area contributed by atoms with E-state index in [0.29, 0.717) is 19.5 Å². The van der Waals surface area contributed by atoms with Crippen molar-refractivity contribution in [2.45, 2.75) is 32.9 Å². The van der Waals surface area contributed by atoms with Gasteiger partial charge >= 0.3 is 6.03 Å². The molecule has 2 aromatic carbocycles. The van der Waals surface area contributed by atoms with Gasteiger partial charge in [-0.1, -0.05) is 42.5 Å². The normalized spacial score (nSPS) is 16.8. The minimum Gasteiger partial charge on any atom is -0.336 e. The fourth-order valence-corrected chi connectivity index (χ4v) is 3.04. The van der Waals surface area contributed by atoms with E-state index in [4.69, 9.17) is 0 Å². The number of aryl methyl sites for hydroxylation is 2. The van der Waals surface area contributed by atoms with Crippen LogP contribution >= 0.6 is 0 Å². The molecule has 3 amide bonds. The zero-order chi connectivity index (χ0) is 17.8. The lowest BCUT2D eigenvalue weighted by Crippen LogP contribution is -2.39. The molecule has 5 nitrogen and oxygen atoms in total. The van der Waals surface area contributed by atoms with Gasteiger partial charge in [-0.2, -0.15) is 0 Å². The Morgan fingerprint density at radius 2 is 1.92 bits per heavy atom. The van der Waals surface area contributed by atoms with Crippen LogP contribution in [0.3, 0.4) is 0 Å². The number of amides is 3. The minimum absolute atomic E-state index is 0.0703. The molecule has 130 valence electrons. The molecule has 1 aliphatic rings. The molecule has 1 heterocycles. The summed E-state index contributed by atoms with van der Waals surface area (Å²) >= 11 is 0. The van der Waals surface area contributed by atoms with Crippen LogP contribution in [0.5, 0.6) is 0 Å². The van der Waals surface area contributed by atoms with Crippen molar-refractivity contribution in [3.05, 3.63) is 65.2 Å². The molecule has 5 heteroatoms. The summed E-state index contributed by atoms with van der Waals surface area (Å²) in [6.45, 7) is 5.06. The zero-order valence-corrected chi connectivity index (χ0v) is 14.6. The summed E-state index contributed by atoms with van der Waals surface area (Å²) in [5, 5.41) is 5.79. The van der Waals surface area contributed by atoms with Gasteiger partial charge in [0.05, 0.1) is 6.04 Å². The summed E-state index contributed by atoms with van der Waals surface area (Å²) < 4.78 is 0. The molecule has 1 atom stereocenters. The van der Waals surface area contributed by atoms with Crippen LogP contribution in [0.25, 0.3) is 0 Å². The molecule has 0 saturated carbocycles. The van der Waals surface area contributed by atoms with E-state index in [1.165, 1.54) is 0 Å². The highest BCUT2D eigenvalue weighted by atomic mass is 16.2. The van der Waals surface area contributed by atoms with Crippen molar-refractivity contribution in [3.8, 4) is 0 Å². The van der Waals surface area contributed by atoms with Crippen LogP contribution in [-0.2, 0) is 11.3 Å². The molecule has 1 aliphatic heterocycles. The van der Waals surface area contributed by atoms with Crippen molar-refractivity contribution in [2.75, 3.05) is 11.9 Å². The Morgan fingerprint density at radius 1 is 1.16 bits per heavy atom. The van der Waals surface area contributed by atoms with Gasteiger partial charge in [0.15, 0.2) is 0 Å². The van der Waals surface area contributed by atoms with Gasteiger partial charge < -0.3 is 15.5 Å². The standard InChI is InChI=1S/C20H23N3O2/c1-14-8-9-15(2)18(10-14)22-20(25)21-17-11-19(24)23(13-17)12-16-6-4-3-5-7-16/h3-10,17H,11-13H2,1-2H3,(H2,21,22,25). The number of benzene rings is 2. The number of hydrogen-bond acceptors (Lipinski definition) is 2. The predicted molar refractivity (Wildman–Crippen MR) is 98.3 cm³/mol. The first-order valence-corrected chi connectivity index (χ1v) is 8.48. The van der Waals surface area contributed by atoms with Gasteiger partial charge in [0.1, 0.15) is 0 Å². The maximum absolute atomic E-state index is 12.3. The largest absolute Gasteiger partial charge is 0.336 e. The number of nitrogens with one attached hydrogen (secondary N) is 2. The monoisotopic (exact) mass is 337 g/mol. The molecular weight excluding hydrogens is 314 g/mol. The van der Waals surface area contributed by atoms with Crippen molar-refractivity contribution in [3.63, 3.8) is 0 Å². The van der Waals surface area contributed by atoms with E-state index < -0.39 is 0 Å². The zero-order valence-electron chi connectivity index (χ0n) is 14.6. The second kappa shape index (κ2) is 7.38. The third-order valence-corrected chi connectivity index (χ3v) is 4.41. The first-order valence-electron chi connectivity index (χ1n) is 8.48. The Labute approximate surface area is 148 Å². The lowest BCUT2D eigenvalue weighted by molar-refractivity contribution is -0.128. The maximum Gasteiger partial charge on any atom is 0.319 e. The minimum atomic E-state index is -0.270. The summed E-state index contributed by atoms with van der Waals surface area (Å²) in [6, 6.07) is 15.4. The Hall–Kier alpha value is -2.82. The average molecular weight is 337 g/mol. The maximum atomic E-state index is 12.3. The van der Waals surface area contributed by atoms with Crippen LogP contribution in [0.15, 0.2) is 48.5 Å². The Bertz CT molecular complexity index is 774. The van der Waals surface area contributed by atoms with Crippen LogP contribution in [0.1, 0.15) is 23.1 Å². The molecule has 1 unspecified atom stereocenters. The van der Waals surface area contributed by atoms with Crippen molar-refractivity contribution >= 4 is 17.6 Å². The quantitative estimate of drug-likeness (QED) is 0.900. The lowest BCUT2D eigenvalue weighted by Gasteiger charge is -2.18. The van der Waals surface area contributed by atoms with Crippen LogP contribution in [-0.4, -0.2) is 29.4 Å². The highest BCUT2D eigenvalue weighted by Crippen LogP contribution is 2.18. The molecule has 2 N–H and O–H groups in total. The second-order valence-electron chi connectivity index (χ2n) is 6.58. The van der Waals surface area contributed by atoms with Gasteiger partial charge in [-0.3, -0.25) is 4.79 Å². The van der Waals surface area contributed by atoms with Gasteiger partial charge in [0.2, 0.25) is 5.91 Å². The van der Waals surface area contributed by atoms with Crippen LogP contribution < -0.4 is 10.6 Å². The highest BCUT2D eigenvalue weighted by Gasteiger charge is 2.30. The number of carbonyl (C=O) groups excluding carboxylic acids is 2. The average Bonchev–Trinajstić information content (AvgIpc) is 2.91. The first-order chi connectivity index (χ1) is 12.0. The lowest BCUT2D eigenvalue weighted by atomic mass is 10.1. The number of hydrogen-bond donors (Lipinski definition) is 2. The van der Waals surface area contributed by atoms with Crippen molar-refractivity contribution in [1.82, 2.24) is 10.2 Å². The summed E-state index contributed by atoms with van der Waals surface area (Å²) in [4.78, 5) is 26.2. The second-order valence-corrected chi connectivity index (χ2v) is 6.58. The number of nitrogens with zero attached hydrogens (tertiary/aromatic N) is 1. The number of anilines is 1. The van der Waals surface area contributed by atoms with E-state index in [-0.39, 0.29) is 18.0 Å². The molecule has 0 aliphatic carbocycles. The molecule has 0 spiro atoms. The molecule has 25 heavy (non-hydrogen) atoms. The van der Waals surface area contributed by atoms with Crippen LogP contribution in [0, 0.1) is 13.8 Å². The SMILES string of the molecule is Cc1ccc(C)c(NC(=O)NC2CC(=O)N(Cc3ccccc3)C2)c1. The van der Waals surface area contributed by atoms with E-state index in [1.54, 1.807) is 4.90 Å². The Morgan fingerprint density at radius 3 is 2.68 bits per heavy atom. The van der Waals surface area contributed by atoms with Gasteiger partial charge in [0.25, 0.3) is 0 Å². The van der Waals surface area contributed by atoms with Gasteiger partial charge in [-0.15, -0.1) is 0 Å². The first kappa shape index (κ1) is 17.0. The smallest absolute Gasteiger partial charge is 0.319 e.